The lowest BCUT2D eigenvalue weighted by Crippen LogP contribution is -2.48. The molecular formula is C27H33N3O4. The van der Waals surface area contributed by atoms with Gasteiger partial charge in [-0.05, 0) is 68.6 Å². The first kappa shape index (κ1) is 22.7. The number of hydrogen-bond donors (Lipinski definition) is 1. The number of fused-ring (bicyclic) bond motifs is 2. The van der Waals surface area contributed by atoms with Crippen LogP contribution in [0.3, 0.4) is 0 Å². The number of hydrogen-bond acceptors (Lipinski definition) is 5. The van der Waals surface area contributed by atoms with Crippen molar-refractivity contribution in [3.63, 3.8) is 0 Å². The van der Waals surface area contributed by atoms with Crippen LogP contribution in [0.25, 0.3) is 0 Å². The van der Waals surface area contributed by atoms with Crippen LogP contribution in [0.15, 0.2) is 42.5 Å². The van der Waals surface area contributed by atoms with Gasteiger partial charge in [-0.15, -0.1) is 0 Å². The molecule has 3 aliphatic rings. The van der Waals surface area contributed by atoms with E-state index in [0.717, 1.165) is 30.5 Å². The predicted octanol–water partition coefficient (Wildman–Crippen LogP) is 3.71. The maximum absolute atomic E-state index is 13.8. The summed E-state index contributed by atoms with van der Waals surface area (Å²) in [5.74, 6) is 0.780. The van der Waals surface area contributed by atoms with Gasteiger partial charge in [-0.3, -0.25) is 9.59 Å². The second kappa shape index (κ2) is 9.66. The number of nitrogens with one attached hydrogen (secondary N) is 1. The van der Waals surface area contributed by atoms with Gasteiger partial charge in [-0.25, -0.2) is 0 Å². The largest absolute Gasteiger partial charge is 0.454 e. The molecule has 34 heavy (non-hydrogen) atoms. The molecule has 0 spiro atoms. The summed E-state index contributed by atoms with van der Waals surface area (Å²) in [6.45, 7) is 4.56. The van der Waals surface area contributed by atoms with Gasteiger partial charge in [-0.1, -0.05) is 31.2 Å². The molecule has 1 N–H and O–H groups in total. The molecule has 7 nitrogen and oxygen atoms in total. The zero-order valence-corrected chi connectivity index (χ0v) is 20.0. The number of likely N-dealkylation sites (tertiary alicyclic amines) is 1. The number of carbonyl (C=O) groups excluding carboxylic acids is 2. The van der Waals surface area contributed by atoms with Gasteiger partial charge in [0.05, 0.1) is 12.0 Å². The molecule has 0 aliphatic carbocycles. The van der Waals surface area contributed by atoms with E-state index in [2.05, 4.69) is 24.2 Å². The summed E-state index contributed by atoms with van der Waals surface area (Å²) in [6.07, 6.45) is 4.13. The molecule has 180 valence electrons. The predicted molar refractivity (Wildman–Crippen MR) is 129 cm³/mol. The lowest BCUT2D eigenvalue weighted by atomic mass is 9.79. The minimum absolute atomic E-state index is 0.0308. The van der Waals surface area contributed by atoms with Crippen molar-refractivity contribution >= 4 is 11.8 Å². The van der Waals surface area contributed by atoms with Crippen LogP contribution in [0.4, 0.5) is 0 Å². The molecule has 0 aromatic heterocycles. The van der Waals surface area contributed by atoms with Crippen LogP contribution in [-0.2, 0) is 4.79 Å². The van der Waals surface area contributed by atoms with Crippen molar-refractivity contribution in [1.29, 1.82) is 0 Å². The molecule has 0 bridgehead atoms. The van der Waals surface area contributed by atoms with Crippen LogP contribution < -0.4 is 14.8 Å². The van der Waals surface area contributed by atoms with E-state index in [0.29, 0.717) is 36.2 Å². The van der Waals surface area contributed by atoms with Crippen LogP contribution in [-0.4, -0.2) is 61.1 Å². The molecule has 1 fully saturated rings. The van der Waals surface area contributed by atoms with Gasteiger partial charge >= 0.3 is 0 Å². The number of ether oxygens (including phenoxy) is 2. The number of amides is 2. The summed E-state index contributed by atoms with van der Waals surface area (Å²) in [7, 11) is 2.15. The molecule has 0 unspecified atom stereocenters. The highest BCUT2D eigenvalue weighted by Gasteiger charge is 2.44. The second-order valence-electron chi connectivity index (χ2n) is 9.48. The monoisotopic (exact) mass is 463 g/mol. The minimum atomic E-state index is -0.498. The third kappa shape index (κ3) is 4.13. The van der Waals surface area contributed by atoms with Crippen molar-refractivity contribution in [2.45, 2.75) is 50.6 Å². The average Bonchev–Trinajstić information content (AvgIpc) is 3.49. The number of carbonyl (C=O) groups is 2. The van der Waals surface area contributed by atoms with Gasteiger partial charge < -0.3 is 24.6 Å². The molecule has 3 atom stereocenters. The van der Waals surface area contributed by atoms with Crippen molar-refractivity contribution < 1.29 is 19.1 Å². The fourth-order valence-electron chi connectivity index (χ4n) is 5.65. The molecule has 3 heterocycles. The van der Waals surface area contributed by atoms with E-state index in [-0.39, 0.29) is 18.6 Å². The molecule has 5 rings (SSSR count). The molecule has 3 aliphatic heterocycles. The van der Waals surface area contributed by atoms with E-state index in [1.165, 1.54) is 12.8 Å². The molecule has 2 amide bonds. The van der Waals surface area contributed by atoms with E-state index in [4.69, 9.17) is 9.47 Å². The van der Waals surface area contributed by atoms with E-state index < -0.39 is 12.0 Å². The smallest absolute Gasteiger partial charge is 0.254 e. The summed E-state index contributed by atoms with van der Waals surface area (Å²) in [5, 5.41) is 3.21. The molecule has 2 aromatic carbocycles. The van der Waals surface area contributed by atoms with E-state index in [9.17, 15) is 9.59 Å². The van der Waals surface area contributed by atoms with Crippen molar-refractivity contribution in [3.8, 4) is 11.5 Å². The van der Waals surface area contributed by atoms with Crippen LogP contribution in [0.1, 0.15) is 66.1 Å². The zero-order chi connectivity index (χ0) is 23.7. The summed E-state index contributed by atoms with van der Waals surface area (Å²) in [6, 6.07) is 13.4. The van der Waals surface area contributed by atoms with Gasteiger partial charge in [0.25, 0.3) is 5.91 Å². The van der Waals surface area contributed by atoms with Gasteiger partial charge in [0.1, 0.15) is 0 Å². The quantitative estimate of drug-likeness (QED) is 0.678. The van der Waals surface area contributed by atoms with Gasteiger partial charge in [0, 0.05) is 24.7 Å². The Morgan fingerprint density at radius 3 is 2.76 bits per heavy atom. The lowest BCUT2D eigenvalue weighted by Gasteiger charge is -2.42. The van der Waals surface area contributed by atoms with Crippen LogP contribution in [0, 0.1) is 0 Å². The fourth-order valence-corrected chi connectivity index (χ4v) is 5.65. The Bertz CT molecular complexity index is 1070. The highest BCUT2D eigenvalue weighted by Crippen LogP contribution is 2.45. The molecular weight excluding hydrogens is 430 g/mol. The second-order valence-corrected chi connectivity index (χ2v) is 9.48. The first-order valence-corrected chi connectivity index (χ1v) is 12.4. The number of nitrogens with zero attached hydrogens (tertiary/aromatic N) is 2. The third-order valence-electron chi connectivity index (χ3n) is 7.37. The Balaban J connectivity index is 1.48. The lowest BCUT2D eigenvalue weighted by molar-refractivity contribution is -0.124. The first-order valence-electron chi connectivity index (χ1n) is 12.4. The highest BCUT2D eigenvalue weighted by atomic mass is 16.7. The van der Waals surface area contributed by atoms with Crippen LogP contribution in [0.5, 0.6) is 11.5 Å². The Morgan fingerprint density at radius 2 is 1.97 bits per heavy atom. The zero-order valence-electron chi connectivity index (χ0n) is 20.0. The van der Waals surface area contributed by atoms with E-state index in [1.807, 2.05) is 47.4 Å². The van der Waals surface area contributed by atoms with E-state index in [1.54, 1.807) is 0 Å². The van der Waals surface area contributed by atoms with Crippen LogP contribution >= 0.6 is 0 Å². The first-order chi connectivity index (χ1) is 16.6. The summed E-state index contributed by atoms with van der Waals surface area (Å²) in [5.41, 5.74) is 2.29. The van der Waals surface area contributed by atoms with Crippen molar-refractivity contribution in [2.24, 2.45) is 0 Å². The van der Waals surface area contributed by atoms with Crippen molar-refractivity contribution in [1.82, 2.24) is 15.1 Å². The summed E-state index contributed by atoms with van der Waals surface area (Å²) in [4.78, 5) is 31.6. The van der Waals surface area contributed by atoms with E-state index >= 15 is 0 Å². The summed E-state index contributed by atoms with van der Waals surface area (Å²) >= 11 is 0. The highest BCUT2D eigenvalue weighted by molar-refractivity contribution is 6.01. The standard InChI is InChI=1S/C27H33N3O4/c1-3-14-30-25(18-10-11-22-23(16-18)34-17-33-22)24(20-8-4-5-9-21(20)27(30)32)26(31)28-13-12-19-7-6-15-29(19)2/h4-5,8-11,16,19,24-25H,3,6-7,12-15,17H2,1-2H3,(H,28,31)/t19-,24+,25-/m1/s1. The van der Waals surface area contributed by atoms with Gasteiger partial charge in [0.15, 0.2) is 11.5 Å². The van der Waals surface area contributed by atoms with Crippen molar-refractivity contribution in [2.75, 3.05) is 33.5 Å². The normalized spacial score (nSPS) is 23.8. The Labute approximate surface area is 201 Å². The molecule has 0 radical (unpaired) electrons. The average molecular weight is 464 g/mol. The van der Waals surface area contributed by atoms with Crippen molar-refractivity contribution in [3.05, 3.63) is 59.2 Å². The number of benzene rings is 2. The minimum Gasteiger partial charge on any atom is -0.454 e. The maximum Gasteiger partial charge on any atom is 0.254 e. The molecule has 2 aromatic rings. The Kier molecular flexibility index (Phi) is 6.46. The molecule has 0 saturated carbocycles. The summed E-state index contributed by atoms with van der Waals surface area (Å²) < 4.78 is 11.1. The Hall–Kier alpha value is -3.06. The van der Waals surface area contributed by atoms with Crippen LogP contribution in [0.2, 0.25) is 0 Å². The van der Waals surface area contributed by atoms with Gasteiger partial charge in [0.2, 0.25) is 12.7 Å². The van der Waals surface area contributed by atoms with Gasteiger partial charge in [-0.2, -0.15) is 0 Å². The topological polar surface area (TPSA) is 71.1 Å². The Morgan fingerprint density at radius 1 is 1.15 bits per heavy atom. The number of rotatable bonds is 7. The maximum atomic E-state index is 13.8. The third-order valence-corrected chi connectivity index (χ3v) is 7.37. The fraction of sp³-hybridized carbons (Fsp3) is 0.481. The SMILES string of the molecule is CCCN1C(=O)c2ccccc2[C@H](C(=O)NCC[C@H]2CCCN2C)[C@H]1c1ccc2c(c1)OCO2. The molecule has 7 heteroatoms. The molecule has 1 saturated heterocycles.